The van der Waals surface area contributed by atoms with E-state index in [4.69, 9.17) is 24.7 Å². The lowest BCUT2D eigenvalue weighted by Gasteiger charge is -2.44. The molecule has 0 aromatic heterocycles. The number of hydrogen-bond acceptors (Lipinski definition) is 16. The number of methoxy groups -OCH3 is 2. The number of amides is 1. The minimum absolute atomic E-state index is 0.00243. The zero-order chi connectivity index (χ0) is 63.2. The van der Waals surface area contributed by atoms with Crippen LogP contribution in [0.4, 0.5) is 18.9 Å². The van der Waals surface area contributed by atoms with Crippen molar-refractivity contribution >= 4 is 52.2 Å². The van der Waals surface area contributed by atoms with E-state index in [1.807, 2.05) is 57.2 Å². The third-order valence-corrected chi connectivity index (χ3v) is 18.4. The number of ether oxygens (including phenoxy) is 4. The van der Waals surface area contributed by atoms with Crippen molar-refractivity contribution in [1.29, 1.82) is 5.26 Å². The monoisotopic (exact) mass is 1220 g/mol. The van der Waals surface area contributed by atoms with Gasteiger partial charge in [0, 0.05) is 61.1 Å². The first kappa shape index (κ1) is 69.2. The maximum absolute atomic E-state index is 14.8. The fraction of sp³-hybridized carbons (Fsp3) is 0.576. The highest BCUT2D eigenvalue weighted by Crippen LogP contribution is 2.41. The molecular weight excluding hydrogens is 1130 g/mol. The lowest BCUT2D eigenvalue weighted by atomic mass is 9.78. The first-order valence-corrected chi connectivity index (χ1v) is 30.8. The third-order valence-electron chi connectivity index (χ3n) is 17.5. The molecular formula is C66H87F3N4O12S. The van der Waals surface area contributed by atoms with Gasteiger partial charge in [-0.2, -0.15) is 18.4 Å². The molecule has 16 nitrogen and oxygen atoms in total. The van der Waals surface area contributed by atoms with Crippen LogP contribution in [0.25, 0.3) is 5.57 Å². The Hall–Kier alpha value is -5.92. The summed E-state index contributed by atoms with van der Waals surface area (Å²) >= 11 is 0.916. The van der Waals surface area contributed by atoms with E-state index in [0.717, 1.165) is 28.3 Å². The van der Waals surface area contributed by atoms with E-state index in [1.165, 1.54) is 25.3 Å². The van der Waals surface area contributed by atoms with Crippen LogP contribution >= 0.6 is 11.8 Å². The molecule has 1 saturated carbocycles. The number of carbonyl (C=O) groups excluding carboxylic acids is 5. The molecule has 3 heterocycles. The number of hydrogen-bond donors (Lipinski definition) is 5. The van der Waals surface area contributed by atoms with E-state index >= 15 is 0 Å². The normalized spacial score (nSPS) is 33.8. The number of nitrogens with two attached hydrogens (primary N) is 1. The number of aliphatic hydroxyl groups is 3. The molecule has 20 heteroatoms. The molecule has 3 aliphatic heterocycles. The number of ketones is 3. The summed E-state index contributed by atoms with van der Waals surface area (Å²) in [5.41, 5.74) is 6.40. The summed E-state index contributed by atoms with van der Waals surface area (Å²) in [6.45, 7) is 12.4. The summed E-state index contributed by atoms with van der Waals surface area (Å²) < 4.78 is 65.9. The number of anilines is 1. The minimum atomic E-state index is -4.73. The Labute approximate surface area is 508 Å². The van der Waals surface area contributed by atoms with Crippen LogP contribution in [0.3, 0.4) is 0 Å². The van der Waals surface area contributed by atoms with E-state index in [0.29, 0.717) is 73.9 Å². The maximum Gasteiger partial charge on any atom is 0.417 e. The molecule has 3 fully saturated rings. The summed E-state index contributed by atoms with van der Waals surface area (Å²) in [5.74, 6) is -9.02. The summed E-state index contributed by atoms with van der Waals surface area (Å²) in [5, 5.41) is 48.0. The standard InChI is InChI=1S/C66H87F3N4O12S/c1-38-17-11-10-12-18-39(2)32-51(72-46-24-26-47(27-25-46)86-62(71)49(37-70)48-19-13-14-20-50(48)66(67,68)69)55-29-22-44(7)65(81,85-55)61(78)63(79)73-30-16-15-21-52(73)64(80)84-56(41(4)34-45-23-28-53(74)57(35-45)82-8)36-54(75)40(3)33-43(6)59(77)60(83-9)58(76)42(5)31-38/h10-14,17-20,24-27,33,38,40-42,44-45,51-53,55-57,59-60,72,74,77,81H,15-16,21-23,28-32,34-36,71H2,1-9H3/b12-10+,17-11+,39-18-,43-33+,62-49+/t38-,40-,41?,42-,44-,45-,51-,52+,53-,55+,56+,57-,59-,60+,65-/m1/s1. The molecule has 0 spiro atoms. The van der Waals surface area contributed by atoms with E-state index in [2.05, 4.69) is 5.32 Å². The van der Waals surface area contributed by atoms with E-state index in [1.54, 1.807) is 65.1 Å². The Morgan fingerprint density at radius 2 is 1.63 bits per heavy atom. The smallest absolute Gasteiger partial charge is 0.417 e. The Kier molecular flexibility index (Phi) is 25.2. The zero-order valence-electron chi connectivity index (χ0n) is 50.9. The van der Waals surface area contributed by atoms with E-state index < -0.39 is 108 Å². The van der Waals surface area contributed by atoms with Gasteiger partial charge in [0.2, 0.25) is 5.79 Å². The van der Waals surface area contributed by atoms with Crippen molar-refractivity contribution in [3.63, 3.8) is 0 Å². The molecule has 4 aliphatic rings. The van der Waals surface area contributed by atoms with Gasteiger partial charge in [0.15, 0.2) is 5.78 Å². The molecule has 1 aliphatic carbocycles. The van der Waals surface area contributed by atoms with Gasteiger partial charge in [0.1, 0.15) is 36.2 Å². The lowest BCUT2D eigenvalue weighted by molar-refractivity contribution is -0.264. The highest BCUT2D eigenvalue weighted by molar-refractivity contribution is 8.03. The number of esters is 1. The van der Waals surface area contributed by atoms with Crippen molar-refractivity contribution in [2.45, 2.75) is 191 Å². The average Bonchev–Trinajstić information content (AvgIpc) is 1.11. The highest BCUT2D eigenvalue weighted by Gasteiger charge is 2.54. The molecule has 1 amide bonds. The van der Waals surface area contributed by atoms with Crippen LogP contribution in [0.1, 0.15) is 137 Å². The third kappa shape index (κ3) is 17.9. The number of fused-ring (bicyclic) bond motifs is 3. The number of carbonyl (C=O) groups is 5. The Morgan fingerprint density at radius 3 is 2.30 bits per heavy atom. The number of aliphatic hydroxyl groups excluding tert-OH is 2. The van der Waals surface area contributed by atoms with Crippen molar-refractivity contribution < 1.29 is 71.4 Å². The van der Waals surface area contributed by atoms with Gasteiger partial charge >= 0.3 is 12.1 Å². The van der Waals surface area contributed by atoms with Gasteiger partial charge in [-0.1, -0.05) is 107 Å². The number of nitrogens with one attached hydrogen (secondary N) is 1. The Balaban J connectivity index is 1.34. The summed E-state index contributed by atoms with van der Waals surface area (Å²) in [7, 11) is 2.90. The molecule has 15 atom stereocenters. The molecule has 6 N–H and O–H groups in total. The van der Waals surface area contributed by atoms with Crippen LogP contribution in [-0.4, -0.2) is 125 Å². The largest absolute Gasteiger partial charge is 0.460 e. The van der Waals surface area contributed by atoms with E-state index in [-0.39, 0.29) is 65.4 Å². The maximum atomic E-state index is 14.8. The summed E-state index contributed by atoms with van der Waals surface area (Å²) in [4.78, 5) is 74.0. The number of benzene rings is 2. The highest BCUT2D eigenvalue weighted by atomic mass is 32.2. The van der Waals surface area contributed by atoms with Crippen molar-refractivity contribution in [3.05, 3.63) is 112 Å². The van der Waals surface area contributed by atoms with Gasteiger partial charge < -0.3 is 50.2 Å². The van der Waals surface area contributed by atoms with Crippen LogP contribution in [0.15, 0.2) is 106 Å². The van der Waals surface area contributed by atoms with Gasteiger partial charge in [-0.15, -0.1) is 0 Å². The number of allylic oxidation sites excluding steroid dienone is 7. The fourth-order valence-electron chi connectivity index (χ4n) is 12.3. The number of thioether (sulfide) groups is 1. The molecule has 2 saturated heterocycles. The molecule has 86 heavy (non-hydrogen) atoms. The predicted molar refractivity (Wildman–Crippen MR) is 322 cm³/mol. The molecule has 470 valence electrons. The molecule has 6 rings (SSSR count). The van der Waals surface area contributed by atoms with Crippen molar-refractivity contribution in [2.75, 3.05) is 26.1 Å². The van der Waals surface area contributed by atoms with Crippen LogP contribution in [0.2, 0.25) is 0 Å². The fourth-order valence-corrected chi connectivity index (χ4v) is 13.1. The molecule has 2 aromatic carbocycles. The molecule has 2 bridgehead atoms. The number of rotatable bonds is 10. The first-order valence-electron chi connectivity index (χ1n) is 29.9. The van der Waals surface area contributed by atoms with Crippen LogP contribution in [-0.2, 0) is 49.1 Å². The van der Waals surface area contributed by atoms with Gasteiger partial charge in [0.25, 0.3) is 11.7 Å². The minimum Gasteiger partial charge on any atom is -0.460 e. The second-order valence-corrected chi connectivity index (χ2v) is 25.2. The lowest BCUT2D eigenvalue weighted by Crippen LogP contribution is -2.62. The zero-order valence-corrected chi connectivity index (χ0v) is 51.7. The SMILES string of the molecule is CO[C@@H]1C[C@@H](CC(C)[C@@H]2CC(=O)[C@H](C)/C=C(\C)[C@@H](O)[C@@H](OC)C(=O)[C@H](C)C[C@H](C)/C=C/C=C/C=C(/C)C[C@@H](Nc3ccc(S/C(N)=C(\C#N)c4ccccc4C(F)(F)F)cc3)[C@@H]3CC[C@@H](C)[C@@](O)(O3)C(=O)C(=O)N3CCCC[C@H]3C(=O)O2)CC[C@H]1O. The van der Waals surface area contributed by atoms with Crippen molar-refractivity contribution in [1.82, 2.24) is 4.90 Å². The van der Waals surface area contributed by atoms with Crippen molar-refractivity contribution in [2.24, 2.45) is 41.2 Å². The summed E-state index contributed by atoms with van der Waals surface area (Å²) in [6.07, 6.45) is 5.23. The van der Waals surface area contributed by atoms with Gasteiger partial charge in [-0.3, -0.25) is 19.2 Å². The molecule has 2 aromatic rings. The number of halogens is 3. The van der Waals surface area contributed by atoms with Crippen molar-refractivity contribution in [3.8, 4) is 6.07 Å². The van der Waals surface area contributed by atoms with Crippen LogP contribution < -0.4 is 11.1 Å². The number of nitrogens with zero attached hydrogens (tertiary/aromatic N) is 2. The number of nitriles is 1. The second kappa shape index (κ2) is 31.3. The average molecular weight is 1220 g/mol. The summed E-state index contributed by atoms with van der Waals surface area (Å²) in [6, 6.07) is 11.4. The van der Waals surface area contributed by atoms with Gasteiger partial charge in [-0.05, 0) is 138 Å². The molecule has 1 unspecified atom stereocenters. The van der Waals surface area contributed by atoms with Crippen LogP contribution in [0, 0.1) is 46.8 Å². The second-order valence-electron chi connectivity index (χ2n) is 24.1. The van der Waals surface area contributed by atoms with Gasteiger partial charge in [-0.25, -0.2) is 4.79 Å². The molecule has 0 radical (unpaired) electrons. The van der Waals surface area contributed by atoms with Gasteiger partial charge in [0.05, 0.1) is 40.5 Å². The predicted octanol–water partition coefficient (Wildman–Crippen LogP) is 10.6. The topological polar surface area (TPSA) is 248 Å². The number of alkyl halides is 3. The Morgan fingerprint density at radius 1 is 0.919 bits per heavy atom. The first-order chi connectivity index (χ1) is 40.7. The number of cyclic esters (lactones) is 1. The quantitative estimate of drug-likeness (QED) is 0.0488. The number of piperidine rings is 1. The number of Topliss-reactive ketones (excluding diaryl/α,β-unsaturated/α-hetero) is 3. The Bertz CT molecular complexity index is 2900. The van der Waals surface area contributed by atoms with E-state index in [9.17, 15) is 57.7 Å². The van der Waals surface area contributed by atoms with Crippen LogP contribution in [0.5, 0.6) is 0 Å².